The molecule has 0 bridgehead atoms. The van der Waals surface area contributed by atoms with E-state index < -0.39 is 54.6 Å². The largest absolute Gasteiger partial charge is 0.390 e. The smallest absolute Gasteiger partial charge is 0.239 e. The van der Waals surface area contributed by atoms with Crippen LogP contribution in [0, 0.1) is 6.92 Å². The summed E-state index contributed by atoms with van der Waals surface area (Å²) in [6.45, 7) is 3.80. The third-order valence-electron chi connectivity index (χ3n) is 6.97. The van der Waals surface area contributed by atoms with Crippen LogP contribution < -0.4 is 16.0 Å². The van der Waals surface area contributed by atoms with Gasteiger partial charge in [0.05, 0.1) is 36.8 Å². The first-order valence-electron chi connectivity index (χ1n) is 11.4. The van der Waals surface area contributed by atoms with Gasteiger partial charge in [-0.05, 0) is 39.9 Å². The number of aliphatic hydroxyl groups excluding tert-OH is 2. The number of aliphatic hydroxyl groups is 3. The summed E-state index contributed by atoms with van der Waals surface area (Å²) in [6, 6.07) is 5.57. The topological polar surface area (TPSA) is 142 Å². The second-order valence-corrected chi connectivity index (χ2v) is 9.34. The molecule has 184 valence electrons. The average molecular weight is 466 g/mol. The molecule has 1 aliphatic carbocycles. The number of aryl methyl sites for hydroxylation is 1. The van der Waals surface area contributed by atoms with Gasteiger partial charge >= 0.3 is 0 Å². The summed E-state index contributed by atoms with van der Waals surface area (Å²) < 4.78 is 18.0. The molecule has 33 heavy (non-hydrogen) atoms. The molecule has 2 heterocycles. The standard InChI is InChI=1S/C23H35N3O7/c1-11-5-7-13(8-6-11)10-15(27)26-14-9-12(2)31-22-23(14,30)33-20-17(25-4)18(28)16(24-3)19(29)21(20)32-22/h5-8,12,14,16-22,24-25,28-30H,9-10H2,1-4H3,(H,26,27)/t12-,14-,16-,17+,18+,19-,20?,21?,22?,23+/m1/s1. The number of rotatable bonds is 5. The molecule has 3 aliphatic rings. The molecule has 0 radical (unpaired) electrons. The summed E-state index contributed by atoms with van der Waals surface area (Å²) in [5, 5.41) is 42.0. The monoisotopic (exact) mass is 465 g/mol. The summed E-state index contributed by atoms with van der Waals surface area (Å²) in [5.41, 5.74) is 1.96. The van der Waals surface area contributed by atoms with Gasteiger partial charge in [-0.15, -0.1) is 0 Å². The first kappa shape index (κ1) is 24.5. The van der Waals surface area contributed by atoms with Crippen molar-refractivity contribution in [3.8, 4) is 0 Å². The molecule has 10 atom stereocenters. The molecule has 3 unspecified atom stereocenters. The fourth-order valence-corrected chi connectivity index (χ4v) is 5.15. The summed E-state index contributed by atoms with van der Waals surface area (Å²) >= 11 is 0. The van der Waals surface area contributed by atoms with Gasteiger partial charge in [0, 0.05) is 0 Å². The Balaban J connectivity index is 1.55. The molecular formula is C23H35N3O7. The van der Waals surface area contributed by atoms with Crippen molar-refractivity contribution in [2.24, 2.45) is 0 Å². The van der Waals surface area contributed by atoms with Gasteiger partial charge in [-0.25, -0.2) is 0 Å². The van der Waals surface area contributed by atoms with Gasteiger partial charge < -0.3 is 45.5 Å². The maximum absolute atomic E-state index is 12.8. The van der Waals surface area contributed by atoms with E-state index in [0.717, 1.165) is 11.1 Å². The van der Waals surface area contributed by atoms with Crippen LogP contribution in [-0.2, 0) is 25.4 Å². The van der Waals surface area contributed by atoms with E-state index in [2.05, 4.69) is 16.0 Å². The van der Waals surface area contributed by atoms with Gasteiger partial charge in [0.1, 0.15) is 18.3 Å². The number of hydrogen-bond acceptors (Lipinski definition) is 9. The van der Waals surface area contributed by atoms with Gasteiger partial charge in [-0.1, -0.05) is 29.8 Å². The van der Waals surface area contributed by atoms with E-state index in [-0.39, 0.29) is 18.4 Å². The molecule has 1 aromatic rings. The van der Waals surface area contributed by atoms with Gasteiger partial charge in [0.25, 0.3) is 0 Å². The number of ether oxygens (including phenoxy) is 3. The first-order chi connectivity index (χ1) is 15.7. The number of amides is 1. The molecule has 10 nitrogen and oxygen atoms in total. The summed E-state index contributed by atoms with van der Waals surface area (Å²) in [4.78, 5) is 12.8. The highest BCUT2D eigenvalue weighted by atomic mass is 16.8. The summed E-state index contributed by atoms with van der Waals surface area (Å²) in [6.07, 6.45) is -4.92. The van der Waals surface area contributed by atoms with E-state index >= 15 is 0 Å². The fourth-order valence-electron chi connectivity index (χ4n) is 5.15. The molecule has 1 aromatic carbocycles. The molecule has 2 saturated heterocycles. The number of carbonyl (C=O) groups excluding carboxylic acids is 1. The average Bonchev–Trinajstić information content (AvgIpc) is 2.76. The molecule has 0 spiro atoms. The van der Waals surface area contributed by atoms with Crippen molar-refractivity contribution in [2.75, 3.05) is 14.1 Å². The van der Waals surface area contributed by atoms with Gasteiger partial charge in [0.15, 0.2) is 0 Å². The van der Waals surface area contributed by atoms with Crippen LogP contribution in [0.25, 0.3) is 0 Å². The quantitative estimate of drug-likeness (QED) is 0.308. The lowest BCUT2D eigenvalue weighted by Gasteiger charge is -2.58. The first-order valence-corrected chi connectivity index (χ1v) is 11.4. The molecule has 1 saturated carbocycles. The minimum atomic E-state index is -1.99. The Labute approximate surface area is 193 Å². The number of fused-ring (bicyclic) bond motifs is 2. The zero-order valence-corrected chi connectivity index (χ0v) is 19.4. The van der Waals surface area contributed by atoms with Crippen LogP contribution in [0.15, 0.2) is 24.3 Å². The predicted molar refractivity (Wildman–Crippen MR) is 118 cm³/mol. The minimum absolute atomic E-state index is 0.153. The number of nitrogens with one attached hydrogen (secondary N) is 3. The molecule has 4 rings (SSSR count). The molecule has 10 heteroatoms. The van der Waals surface area contributed by atoms with Crippen molar-refractivity contribution in [1.82, 2.24) is 16.0 Å². The highest BCUT2D eigenvalue weighted by Gasteiger charge is 2.63. The molecule has 2 aliphatic heterocycles. The number of likely N-dealkylation sites (N-methyl/N-ethyl adjacent to an activating group) is 2. The van der Waals surface area contributed by atoms with E-state index in [4.69, 9.17) is 14.2 Å². The molecular weight excluding hydrogens is 430 g/mol. The van der Waals surface area contributed by atoms with E-state index in [1.807, 2.05) is 38.1 Å². The maximum Gasteiger partial charge on any atom is 0.239 e. The Bertz CT molecular complexity index is 840. The number of benzene rings is 1. The van der Waals surface area contributed by atoms with Crippen LogP contribution in [0.1, 0.15) is 24.5 Å². The van der Waals surface area contributed by atoms with Crippen molar-refractivity contribution in [3.63, 3.8) is 0 Å². The Hall–Kier alpha value is -1.63. The Kier molecular flexibility index (Phi) is 7.09. The van der Waals surface area contributed by atoms with Gasteiger partial charge in [0.2, 0.25) is 18.0 Å². The molecule has 6 N–H and O–H groups in total. The van der Waals surface area contributed by atoms with Crippen LogP contribution in [-0.4, -0.2) is 96.0 Å². The highest BCUT2D eigenvalue weighted by Crippen LogP contribution is 2.41. The number of carbonyl (C=O) groups is 1. The normalized spacial score (nSPS) is 42.8. The lowest BCUT2D eigenvalue weighted by atomic mass is 9.79. The van der Waals surface area contributed by atoms with Crippen LogP contribution >= 0.6 is 0 Å². The highest BCUT2D eigenvalue weighted by molar-refractivity contribution is 5.79. The Morgan fingerprint density at radius 3 is 2.36 bits per heavy atom. The lowest BCUT2D eigenvalue weighted by molar-refractivity contribution is -0.449. The molecule has 0 aromatic heterocycles. The van der Waals surface area contributed by atoms with Gasteiger partial charge in [-0.2, -0.15) is 0 Å². The molecule has 3 fully saturated rings. The zero-order chi connectivity index (χ0) is 23.9. The van der Waals surface area contributed by atoms with Crippen LogP contribution in [0.5, 0.6) is 0 Å². The van der Waals surface area contributed by atoms with Crippen LogP contribution in [0.2, 0.25) is 0 Å². The fraction of sp³-hybridized carbons (Fsp3) is 0.696. The second kappa shape index (κ2) is 9.55. The summed E-state index contributed by atoms with van der Waals surface area (Å²) in [5.74, 6) is -2.25. The molecule has 1 amide bonds. The van der Waals surface area contributed by atoms with Crippen molar-refractivity contribution < 1.29 is 34.3 Å². The van der Waals surface area contributed by atoms with E-state index in [9.17, 15) is 20.1 Å². The SMILES string of the molecule is CN[C@@H]1[C@H](O)[C@H](NC)C2O[C@]3(O)C(OC2[C@@H]1O)O[C@H](C)C[C@H]3NC(=O)Cc1ccc(C)cc1. The van der Waals surface area contributed by atoms with E-state index in [1.54, 1.807) is 14.1 Å². The van der Waals surface area contributed by atoms with Crippen molar-refractivity contribution in [2.45, 2.75) is 87.4 Å². The van der Waals surface area contributed by atoms with E-state index in [1.165, 1.54) is 0 Å². The third kappa shape index (κ3) is 4.54. The lowest BCUT2D eigenvalue weighted by Crippen LogP contribution is -2.79. The Morgan fingerprint density at radius 2 is 1.73 bits per heavy atom. The predicted octanol–water partition coefficient (Wildman–Crippen LogP) is -1.46. The second-order valence-electron chi connectivity index (χ2n) is 9.34. The van der Waals surface area contributed by atoms with Crippen LogP contribution in [0.3, 0.4) is 0 Å². The van der Waals surface area contributed by atoms with Crippen LogP contribution in [0.4, 0.5) is 0 Å². The zero-order valence-electron chi connectivity index (χ0n) is 19.4. The van der Waals surface area contributed by atoms with Gasteiger partial charge in [-0.3, -0.25) is 4.79 Å². The maximum atomic E-state index is 12.8. The van der Waals surface area contributed by atoms with Crippen molar-refractivity contribution in [1.29, 1.82) is 0 Å². The third-order valence-corrected chi connectivity index (χ3v) is 6.97. The summed E-state index contributed by atoms with van der Waals surface area (Å²) in [7, 11) is 3.30. The van der Waals surface area contributed by atoms with Crippen molar-refractivity contribution in [3.05, 3.63) is 35.4 Å². The van der Waals surface area contributed by atoms with E-state index in [0.29, 0.717) is 6.42 Å². The Morgan fingerprint density at radius 1 is 1.06 bits per heavy atom. The minimum Gasteiger partial charge on any atom is -0.390 e. The number of hydrogen-bond donors (Lipinski definition) is 6. The van der Waals surface area contributed by atoms with Crippen molar-refractivity contribution >= 4 is 5.91 Å².